The van der Waals surface area contributed by atoms with Gasteiger partial charge in [-0.25, -0.2) is 4.98 Å². The largest absolute Gasteiger partial charge is 0.468 e. The summed E-state index contributed by atoms with van der Waals surface area (Å²) in [5.74, 6) is 0. The SMILES string of the molecule is COc1nc2cnc3[nH]ccc3c2n1C1CCN(CCC#N)CC1. The summed E-state index contributed by atoms with van der Waals surface area (Å²) in [7, 11) is 1.67. The molecule has 1 N–H and O–H groups in total. The molecule has 124 valence electrons. The topological polar surface area (TPSA) is 82.8 Å². The molecule has 7 heteroatoms. The second-order valence-corrected chi connectivity index (χ2v) is 6.18. The van der Waals surface area contributed by atoms with Gasteiger partial charge in [0.25, 0.3) is 6.01 Å². The van der Waals surface area contributed by atoms with Crippen molar-refractivity contribution in [2.24, 2.45) is 0 Å². The van der Waals surface area contributed by atoms with Crippen molar-refractivity contribution in [1.29, 1.82) is 5.26 Å². The molecular formula is C17H20N6O. The minimum atomic E-state index is 0.351. The molecule has 1 aliphatic heterocycles. The highest BCUT2D eigenvalue weighted by atomic mass is 16.5. The molecule has 1 aliphatic rings. The number of likely N-dealkylation sites (tertiary alicyclic amines) is 1. The summed E-state index contributed by atoms with van der Waals surface area (Å²) in [5, 5.41) is 9.83. The Kier molecular flexibility index (Phi) is 3.82. The summed E-state index contributed by atoms with van der Waals surface area (Å²) < 4.78 is 7.79. The normalized spacial score (nSPS) is 16.7. The fourth-order valence-corrected chi connectivity index (χ4v) is 3.66. The van der Waals surface area contributed by atoms with E-state index in [9.17, 15) is 0 Å². The number of ether oxygens (including phenoxy) is 1. The maximum Gasteiger partial charge on any atom is 0.297 e. The number of hydrogen-bond donors (Lipinski definition) is 1. The molecule has 0 atom stereocenters. The first-order valence-corrected chi connectivity index (χ1v) is 8.29. The van der Waals surface area contributed by atoms with Gasteiger partial charge in [-0.3, -0.25) is 4.57 Å². The monoisotopic (exact) mass is 324 g/mol. The molecular weight excluding hydrogens is 304 g/mol. The maximum atomic E-state index is 8.75. The van der Waals surface area contributed by atoms with Crippen molar-refractivity contribution in [2.75, 3.05) is 26.7 Å². The molecule has 3 aromatic heterocycles. The van der Waals surface area contributed by atoms with Gasteiger partial charge in [0.1, 0.15) is 11.2 Å². The van der Waals surface area contributed by atoms with Crippen molar-refractivity contribution in [3.05, 3.63) is 18.5 Å². The Hall–Kier alpha value is -2.59. The lowest BCUT2D eigenvalue weighted by molar-refractivity contribution is 0.184. The zero-order valence-electron chi connectivity index (χ0n) is 13.7. The Labute approximate surface area is 139 Å². The van der Waals surface area contributed by atoms with Crippen LogP contribution in [0.25, 0.3) is 22.1 Å². The van der Waals surface area contributed by atoms with Crippen LogP contribution >= 0.6 is 0 Å². The van der Waals surface area contributed by atoms with Crippen LogP contribution in [-0.2, 0) is 0 Å². The number of methoxy groups -OCH3 is 1. The van der Waals surface area contributed by atoms with E-state index in [4.69, 9.17) is 10.00 Å². The molecule has 0 aliphatic carbocycles. The molecule has 0 unspecified atom stereocenters. The number of pyridine rings is 1. The number of aromatic amines is 1. The molecule has 0 radical (unpaired) electrons. The smallest absolute Gasteiger partial charge is 0.297 e. The number of fused-ring (bicyclic) bond motifs is 3. The van der Waals surface area contributed by atoms with Crippen molar-refractivity contribution in [2.45, 2.75) is 25.3 Å². The van der Waals surface area contributed by atoms with E-state index in [2.05, 4.69) is 30.5 Å². The molecule has 0 aromatic carbocycles. The second-order valence-electron chi connectivity index (χ2n) is 6.18. The zero-order chi connectivity index (χ0) is 16.5. The van der Waals surface area contributed by atoms with E-state index < -0.39 is 0 Å². The molecule has 3 aromatic rings. The predicted octanol–water partition coefficient (Wildman–Crippen LogP) is 2.47. The highest BCUT2D eigenvalue weighted by Gasteiger charge is 2.26. The lowest BCUT2D eigenvalue weighted by atomic mass is 10.0. The molecule has 4 heterocycles. The average Bonchev–Trinajstić information content (AvgIpc) is 3.23. The lowest BCUT2D eigenvalue weighted by Gasteiger charge is -2.32. The summed E-state index contributed by atoms with van der Waals surface area (Å²) in [5.41, 5.74) is 2.83. The Morgan fingerprint density at radius 3 is 3.00 bits per heavy atom. The van der Waals surface area contributed by atoms with Crippen LogP contribution in [0.4, 0.5) is 0 Å². The number of H-pyrrole nitrogens is 1. The van der Waals surface area contributed by atoms with E-state index >= 15 is 0 Å². The quantitative estimate of drug-likeness (QED) is 0.797. The van der Waals surface area contributed by atoms with Crippen molar-refractivity contribution < 1.29 is 4.74 Å². The van der Waals surface area contributed by atoms with Crippen molar-refractivity contribution in [3.63, 3.8) is 0 Å². The Bertz CT molecular complexity index is 897. The fourth-order valence-electron chi connectivity index (χ4n) is 3.66. The Morgan fingerprint density at radius 2 is 2.25 bits per heavy atom. The van der Waals surface area contributed by atoms with Gasteiger partial charge in [0.05, 0.1) is 24.9 Å². The maximum absolute atomic E-state index is 8.75. The number of rotatable bonds is 4. The standard InChI is InChI=1S/C17H20N6O/c1-24-17-21-14-11-20-16-13(3-7-19-16)15(14)23(17)12-4-9-22(10-5-12)8-2-6-18/h3,7,11-12H,2,4-5,8-10H2,1H3,(H,19,20). The van der Waals surface area contributed by atoms with Gasteiger partial charge in [0.2, 0.25) is 0 Å². The van der Waals surface area contributed by atoms with Crippen LogP contribution in [0.15, 0.2) is 18.5 Å². The van der Waals surface area contributed by atoms with E-state index in [1.54, 1.807) is 13.3 Å². The molecule has 24 heavy (non-hydrogen) atoms. The summed E-state index contributed by atoms with van der Waals surface area (Å²) in [6.45, 7) is 2.85. The highest BCUT2D eigenvalue weighted by molar-refractivity contribution is 6.01. The second kappa shape index (κ2) is 6.13. The van der Waals surface area contributed by atoms with Gasteiger partial charge < -0.3 is 14.6 Å². The van der Waals surface area contributed by atoms with Crippen LogP contribution in [0, 0.1) is 11.3 Å². The van der Waals surface area contributed by atoms with Gasteiger partial charge in [0, 0.05) is 43.7 Å². The van der Waals surface area contributed by atoms with Gasteiger partial charge in [-0.1, -0.05) is 0 Å². The average molecular weight is 324 g/mol. The summed E-state index contributed by atoms with van der Waals surface area (Å²) in [6, 6.07) is 5.27. The van der Waals surface area contributed by atoms with E-state index in [1.165, 1.54) is 0 Å². The number of aromatic nitrogens is 4. The number of nitrogens with zero attached hydrogens (tertiary/aromatic N) is 5. The van der Waals surface area contributed by atoms with Crippen molar-refractivity contribution in [3.8, 4) is 12.1 Å². The predicted molar refractivity (Wildman–Crippen MR) is 90.9 cm³/mol. The summed E-state index contributed by atoms with van der Waals surface area (Å²) in [4.78, 5) is 14.6. The third-order valence-electron chi connectivity index (χ3n) is 4.85. The molecule has 0 saturated carbocycles. The van der Waals surface area contributed by atoms with E-state index in [0.717, 1.165) is 54.5 Å². The van der Waals surface area contributed by atoms with Gasteiger partial charge in [-0.2, -0.15) is 10.2 Å². The van der Waals surface area contributed by atoms with Crippen molar-refractivity contribution in [1.82, 2.24) is 24.4 Å². The summed E-state index contributed by atoms with van der Waals surface area (Å²) >= 11 is 0. The molecule has 4 rings (SSSR count). The molecule has 0 amide bonds. The minimum Gasteiger partial charge on any atom is -0.468 e. The van der Waals surface area contributed by atoms with Gasteiger partial charge in [0.15, 0.2) is 0 Å². The number of piperidine rings is 1. The molecule has 1 fully saturated rings. The van der Waals surface area contributed by atoms with E-state index in [0.29, 0.717) is 18.5 Å². The number of nitrogens with one attached hydrogen (secondary N) is 1. The van der Waals surface area contributed by atoms with E-state index in [-0.39, 0.29) is 0 Å². The lowest BCUT2D eigenvalue weighted by Crippen LogP contribution is -2.35. The first-order chi connectivity index (χ1) is 11.8. The Morgan fingerprint density at radius 1 is 1.42 bits per heavy atom. The van der Waals surface area contributed by atoms with Gasteiger partial charge in [-0.05, 0) is 18.9 Å². The van der Waals surface area contributed by atoms with Crippen molar-refractivity contribution >= 4 is 22.1 Å². The fraction of sp³-hybridized carbons (Fsp3) is 0.471. The Balaban J connectivity index is 1.71. The summed E-state index contributed by atoms with van der Waals surface area (Å²) in [6.07, 6.45) is 6.36. The van der Waals surface area contributed by atoms with Crippen LogP contribution in [-0.4, -0.2) is 51.2 Å². The van der Waals surface area contributed by atoms with Gasteiger partial charge >= 0.3 is 0 Å². The third-order valence-corrected chi connectivity index (χ3v) is 4.85. The van der Waals surface area contributed by atoms with Crippen LogP contribution < -0.4 is 4.74 Å². The van der Waals surface area contributed by atoms with Crippen LogP contribution in [0.5, 0.6) is 6.01 Å². The molecule has 7 nitrogen and oxygen atoms in total. The molecule has 1 saturated heterocycles. The third kappa shape index (κ3) is 2.39. The molecule has 0 bridgehead atoms. The zero-order valence-corrected chi connectivity index (χ0v) is 13.7. The highest BCUT2D eigenvalue weighted by Crippen LogP contribution is 2.34. The minimum absolute atomic E-state index is 0.351. The molecule has 0 spiro atoms. The number of hydrogen-bond acceptors (Lipinski definition) is 5. The first kappa shape index (κ1) is 15.0. The van der Waals surface area contributed by atoms with Crippen LogP contribution in [0.3, 0.4) is 0 Å². The van der Waals surface area contributed by atoms with Crippen LogP contribution in [0.2, 0.25) is 0 Å². The van der Waals surface area contributed by atoms with Gasteiger partial charge in [-0.15, -0.1) is 0 Å². The number of nitriles is 1. The van der Waals surface area contributed by atoms with Crippen LogP contribution in [0.1, 0.15) is 25.3 Å². The number of imidazole rings is 1. The van der Waals surface area contributed by atoms with E-state index in [1.807, 2.05) is 12.3 Å². The first-order valence-electron chi connectivity index (χ1n) is 8.29.